The quantitative estimate of drug-likeness (QED) is 0.732. The van der Waals surface area contributed by atoms with Gasteiger partial charge in [0.1, 0.15) is 0 Å². The SMILES string of the molecule is Nc1ccc(CC(=O)NCCCC2CC2)nc1. The van der Waals surface area contributed by atoms with Crippen LogP contribution in [-0.2, 0) is 11.2 Å². The number of nitrogens with zero attached hydrogens (tertiary/aromatic N) is 1. The molecule has 1 aliphatic rings. The van der Waals surface area contributed by atoms with Crippen LogP contribution in [0.3, 0.4) is 0 Å². The fourth-order valence-corrected chi connectivity index (χ4v) is 1.79. The highest BCUT2D eigenvalue weighted by atomic mass is 16.1. The van der Waals surface area contributed by atoms with Gasteiger partial charge in [0.15, 0.2) is 0 Å². The molecule has 2 rings (SSSR count). The van der Waals surface area contributed by atoms with Crippen molar-refractivity contribution < 1.29 is 4.79 Å². The summed E-state index contributed by atoms with van der Waals surface area (Å²) in [7, 11) is 0. The number of rotatable bonds is 6. The Hall–Kier alpha value is -1.58. The third kappa shape index (κ3) is 4.43. The first-order chi connectivity index (χ1) is 8.24. The Morgan fingerprint density at radius 1 is 1.47 bits per heavy atom. The van der Waals surface area contributed by atoms with E-state index in [1.54, 1.807) is 18.3 Å². The van der Waals surface area contributed by atoms with Crippen LogP contribution in [0.2, 0.25) is 0 Å². The van der Waals surface area contributed by atoms with Gasteiger partial charge in [0, 0.05) is 12.2 Å². The van der Waals surface area contributed by atoms with Gasteiger partial charge in [-0.2, -0.15) is 0 Å². The highest BCUT2D eigenvalue weighted by molar-refractivity contribution is 5.78. The van der Waals surface area contributed by atoms with Crippen molar-refractivity contribution in [1.29, 1.82) is 0 Å². The van der Waals surface area contributed by atoms with Gasteiger partial charge < -0.3 is 11.1 Å². The lowest BCUT2D eigenvalue weighted by molar-refractivity contribution is -0.120. The van der Waals surface area contributed by atoms with Gasteiger partial charge in [0.05, 0.1) is 18.3 Å². The minimum atomic E-state index is 0.0399. The molecule has 1 saturated carbocycles. The number of amides is 1. The van der Waals surface area contributed by atoms with E-state index < -0.39 is 0 Å². The summed E-state index contributed by atoms with van der Waals surface area (Å²) in [5.41, 5.74) is 6.91. The number of nitrogens with two attached hydrogens (primary N) is 1. The molecule has 1 fully saturated rings. The van der Waals surface area contributed by atoms with Crippen LogP contribution < -0.4 is 11.1 Å². The van der Waals surface area contributed by atoms with Crippen LogP contribution in [-0.4, -0.2) is 17.4 Å². The monoisotopic (exact) mass is 233 g/mol. The van der Waals surface area contributed by atoms with Crippen molar-refractivity contribution in [2.24, 2.45) is 5.92 Å². The molecule has 0 saturated heterocycles. The Morgan fingerprint density at radius 2 is 2.29 bits per heavy atom. The molecule has 0 aliphatic heterocycles. The molecule has 0 bridgehead atoms. The predicted octanol–water partition coefficient (Wildman–Crippen LogP) is 1.51. The van der Waals surface area contributed by atoms with E-state index in [-0.39, 0.29) is 5.91 Å². The number of hydrogen-bond acceptors (Lipinski definition) is 3. The van der Waals surface area contributed by atoms with Crippen LogP contribution >= 0.6 is 0 Å². The molecular formula is C13H19N3O. The minimum Gasteiger partial charge on any atom is -0.397 e. The largest absolute Gasteiger partial charge is 0.397 e. The van der Waals surface area contributed by atoms with E-state index >= 15 is 0 Å². The van der Waals surface area contributed by atoms with Crippen molar-refractivity contribution in [3.63, 3.8) is 0 Å². The van der Waals surface area contributed by atoms with E-state index in [0.717, 1.165) is 24.6 Å². The second-order valence-corrected chi connectivity index (χ2v) is 4.70. The standard InChI is InChI=1S/C13H19N3O/c14-11-5-6-12(16-9-11)8-13(17)15-7-1-2-10-3-4-10/h5-6,9-10H,1-4,7-8,14H2,(H,15,17). The Morgan fingerprint density at radius 3 is 2.94 bits per heavy atom. The molecule has 1 heterocycles. The van der Waals surface area contributed by atoms with Gasteiger partial charge in [-0.05, 0) is 30.9 Å². The molecule has 4 nitrogen and oxygen atoms in total. The first-order valence-electron chi connectivity index (χ1n) is 6.21. The number of hydrogen-bond donors (Lipinski definition) is 2. The van der Waals surface area contributed by atoms with Crippen LogP contribution in [0, 0.1) is 5.92 Å². The Kier molecular flexibility index (Phi) is 3.96. The minimum absolute atomic E-state index is 0.0399. The van der Waals surface area contributed by atoms with Gasteiger partial charge >= 0.3 is 0 Å². The van der Waals surface area contributed by atoms with Crippen LogP contribution in [0.5, 0.6) is 0 Å². The van der Waals surface area contributed by atoms with Gasteiger partial charge in [-0.25, -0.2) is 0 Å². The molecule has 0 spiro atoms. The molecule has 0 unspecified atom stereocenters. The molecule has 0 radical (unpaired) electrons. The predicted molar refractivity (Wildman–Crippen MR) is 67.3 cm³/mol. The zero-order valence-corrected chi connectivity index (χ0v) is 9.98. The van der Waals surface area contributed by atoms with Crippen LogP contribution in [0.15, 0.2) is 18.3 Å². The van der Waals surface area contributed by atoms with E-state index in [1.165, 1.54) is 19.3 Å². The summed E-state index contributed by atoms with van der Waals surface area (Å²) in [5, 5.41) is 2.92. The highest BCUT2D eigenvalue weighted by Crippen LogP contribution is 2.33. The van der Waals surface area contributed by atoms with Crippen molar-refractivity contribution in [2.75, 3.05) is 12.3 Å². The van der Waals surface area contributed by atoms with Crippen molar-refractivity contribution in [1.82, 2.24) is 10.3 Å². The molecule has 1 aliphatic carbocycles. The number of anilines is 1. The third-order valence-electron chi connectivity index (χ3n) is 3.00. The summed E-state index contributed by atoms with van der Waals surface area (Å²) < 4.78 is 0. The molecule has 1 aromatic heterocycles. The second kappa shape index (κ2) is 5.66. The van der Waals surface area contributed by atoms with Crippen molar-refractivity contribution in [2.45, 2.75) is 32.1 Å². The number of carbonyl (C=O) groups is 1. The molecular weight excluding hydrogens is 214 g/mol. The van der Waals surface area contributed by atoms with E-state index in [9.17, 15) is 4.79 Å². The molecule has 0 atom stereocenters. The smallest absolute Gasteiger partial charge is 0.226 e. The van der Waals surface area contributed by atoms with E-state index in [0.29, 0.717) is 12.1 Å². The maximum Gasteiger partial charge on any atom is 0.226 e. The van der Waals surface area contributed by atoms with Crippen LogP contribution in [0.25, 0.3) is 0 Å². The van der Waals surface area contributed by atoms with Crippen LogP contribution in [0.1, 0.15) is 31.4 Å². The topological polar surface area (TPSA) is 68.0 Å². The van der Waals surface area contributed by atoms with Crippen LogP contribution in [0.4, 0.5) is 5.69 Å². The van der Waals surface area contributed by atoms with Gasteiger partial charge in [0.25, 0.3) is 0 Å². The summed E-state index contributed by atoms with van der Waals surface area (Å²) in [4.78, 5) is 15.7. The maximum absolute atomic E-state index is 11.6. The van der Waals surface area contributed by atoms with E-state index in [1.807, 2.05) is 0 Å². The Balaban J connectivity index is 1.63. The normalized spacial score (nSPS) is 14.6. The van der Waals surface area contributed by atoms with Gasteiger partial charge in [0.2, 0.25) is 5.91 Å². The molecule has 4 heteroatoms. The van der Waals surface area contributed by atoms with Crippen molar-refractivity contribution in [3.8, 4) is 0 Å². The highest BCUT2D eigenvalue weighted by Gasteiger charge is 2.20. The van der Waals surface area contributed by atoms with E-state index in [4.69, 9.17) is 5.73 Å². The zero-order valence-electron chi connectivity index (χ0n) is 9.98. The molecule has 0 aromatic carbocycles. The van der Waals surface area contributed by atoms with E-state index in [2.05, 4.69) is 10.3 Å². The van der Waals surface area contributed by atoms with Crippen molar-refractivity contribution in [3.05, 3.63) is 24.0 Å². The van der Waals surface area contributed by atoms with Gasteiger partial charge in [-0.1, -0.05) is 12.8 Å². The Bertz CT molecular complexity index is 371. The Labute approximate surface area is 102 Å². The lowest BCUT2D eigenvalue weighted by Crippen LogP contribution is -2.26. The first-order valence-corrected chi connectivity index (χ1v) is 6.21. The summed E-state index contributed by atoms with van der Waals surface area (Å²) >= 11 is 0. The average Bonchev–Trinajstić information content (AvgIpc) is 3.12. The number of pyridine rings is 1. The fraction of sp³-hybridized carbons (Fsp3) is 0.538. The number of aromatic nitrogens is 1. The summed E-state index contributed by atoms with van der Waals surface area (Å²) in [6.45, 7) is 0.782. The number of nitrogens with one attached hydrogen (secondary N) is 1. The number of carbonyl (C=O) groups excluding carboxylic acids is 1. The molecule has 1 aromatic rings. The number of nitrogen functional groups attached to an aromatic ring is 1. The van der Waals surface area contributed by atoms with Crippen molar-refractivity contribution >= 4 is 11.6 Å². The second-order valence-electron chi connectivity index (χ2n) is 4.70. The van der Waals surface area contributed by atoms with Gasteiger partial charge in [-0.15, -0.1) is 0 Å². The lowest BCUT2D eigenvalue weighted by atomic mass is 10.2. The third-order valence-corrected chi connectivity index (χ3v) is 3.00. The zero-order chi connectivity index (χ0) is 12.1. The van der Waals surface area contributed by atoms with Gasteiger partial charge in [-0.3, -0.25) is 9.78 Å². The lowest BCUT2D eigenvalue weighted by Gasteiger charge is -2.04. The fourth-order valence-electron chi connectivity index (χ4n) is 1.79. The maximum atomic E-state index is 11.6. The average molecular weight is 233 g/mol. The first kappa shape index (κ1) is 11.9. The summed E-state index contributed by atoms with van der Waals surface area (Å²) in [6.07, 6.45) is 7.01. The molecule has 17 heavy (non-hydrogen) atoms. The summed E-state index contributed by atoms with van der Waals surface area (Å²) in [5.74, 6) is 0.976. The molecule has 92 valence electrons. The molecule has 3 N–H and O–H groups in total. The molecule has 1 amide bonds. The summed E-state index contributed by atoms with van der Waals surface area (Å²) in [6, 6.07) is 3.56.